The highest BCUT2D eigenvalue weighted by molar-refractivity contribution is 5.97. The minimum Gasteiger partial charge on any atom is -0.352 e. The van der Waals surface area contributed by atoms with E-state index in [0.717, 1.165) is 16.9 Å². The van der Waals surface area contributed by atoms with Crippen molar-refractivity contribution < 1.29 is 4.79 Å². The van der Waals surface area contributed by atoms with Gasteiger partial charge in [0.05, 0.1) is 22.4 Å². The fourth-order valence-corrected chi connectivity index (χ4v) is 3.02. The van der Waals surface area contributed by atoms with Crippen LogP contribution in [0.4, 0.5) is 0 Å². The Kier molecular flexibility index (Phi) is 4.60. The van der Waals surface area contributed by atoms with Crippen molar-refractivity contribution in [3.05, 3.63) is 70.0 Å². The second-order valence-electron chi connectivity index (χ2n) is 6.64. The second kappa shape index (κ2) is 7.22. The number of aryl methyl sites for hydroxylation is 3. The average molecular weight is 376 g/mol. The van der Waals surface area contributed by atoms with Gasteiger partial charge in [0, 0.05) is 24.8 Å². The zero-order chi connectivity index (χ0) is 19.7. The molecule has 0 aliphatic rings. The SMILES string of the molecule is Cc1nc2ccc(C(=O)NCCCn3nc4ccccn4c3=O)cc2nc1C. The fourth-order valence-electron chi connectivity index (χ4n) is 3.02. The van der Waals surface area contributed by atoms with Crippen LogP contribution >= 0.6 is 0 Å². The quantitative estimate of drug-likeness (QED) is 0.537. The summed E-state index contributed by atoms with van der Waals surface area (Å²) in [5.41, 5.74) is 4.17. The van der Waals surface area contributed by atoms with Gasteiger partial charge in [-0.05, 0) is 50.6 Å². The average Bonchev–Trinajstić information content (AvgIpc) is 3.01. The van der Waals surface area contributed by atoms with Crippen LogP contribution in [0.25, 0.3) is 16.7 Å². The van der Waals surface area contributed by atoms with Gasteiger partial charge in [-0.2, -0.15) is 0 Å². The highest BCUT2D eigenvalue weighted by Crippen LogP contribution is 2.14. The maximum Gasteiger partial charge on any atom is 0.350 e. The molecular formula is C20H20N6O2. The summed E-state index contributed by atoms with van der Waals surface area (Å²) in [5.74, 6) is -0.177. The molecule has 0 saturated carbocycles. The smallest absolute Gasteiger partial charge is 0.350 e. The molecule has 3 heterocycles. The van der Waals surface area contributed by atoms with Crippen molar-refractivity contribution in [2.75, 3.05) is 6.54 Å². The topological polar surface area (TPSA) is 94.2 Å². The Bertz CT molecular complexity index is 1240. The lowest BCUT2D eigenvalue weighted by Crippen LogP contribution is -2.27. The Labute approximate surface area is 160 Å². The first-order valence-corrected chi connectivity index (χ1v) is 9.10. The number of hydrogen-bond acceptors (Lipinski definition) is 5. The Morgan fingerprint density at radius 2 is 1.86 bits per heavy atom. The van der Waals surface area contributed by atoms with Crippen molar-refractivity contribution >= 4 is 22.6 Å². The van der Waals surface area contributed by atoms with Crippen LogP contribution in [0, 0.1) is 13.8 Å². The monoisotopic (exact) mass is 376 g/mol. The van der Waals surface area contributed by atoms with Gasteiger partial charge in [0.2, 0.25) is 0 Å². The lowest BCUT2D eigenvalue weighted by Gasteiger charge is -2.07. The van der Waals surface area contributed by atoms with Gasteiger partial charge in [-0.15, -0.1) is 5.10 Å². The van der Waals surface area contributed by atoms with Crippen molar-refractivity contribution in [3.63, 3.8) is 0 Å². The number of carbonyl (C=O) groups is 1. The minimum atomic E-state index is -0.180. The molecule has 0 spiro atoms. The van der Waals surface area contributed by atoms with Crippen molar-refractivity contribution in [3.8, 4) is 0 Å². The van der Waals surface area contributed by atoms with E-state index in [4.69, 9.17) is 0 Å². The van der Waals surface area contributed by atoms with E-state index in [1.165, 1.54) is 9.08 Å². The Balaban J connectivity index is 1.39. The van der Waals surface area contributed by atoms with Crippen molar-refractivity contribution in [1.29, 1.82) is 0 Å². The standard InChI is InChI=1S/C20H20N6O2/c1-13-14(2)23-17-12-15(7-8-16(17)22-13)19(27)21-9-5-11-26-20(28)25-10-4-3-6-18(25)24-26/h3-4,6-8,10,12H,5,9,11H2,1-2H3,(H,21,27). The van der Waals surface area contributed by atoms with Gasteiger partial charge in [-0.25, -0.2) is 19.4 Å². The maximum absolute atomic E-state index is 12.4. The third-order valence-electron chi connectivity index (χ3n) is 4.66. The van der Waals surface area contributed by atoms with Gasteiger partial charge in [0.25, 0.3) is 5.91 Å². The Hall–Kier alpha value is -3.55. The van der Waals surface area contributed by atoms with E-state index in [1.54, 1.807) is 36.5 Å². The number of aromatic nitrogens is 5. The molecule has 1 N–H and O–H groups in total. The first-order valence-electron chi connectivity index (χ1n) is 9.10. The summed E-state index contributed by atoms with van der Waals surface area (Å²) >= 11 is 0. The van der Waals surface area contributed by atoms with Crippen LogP contribution in [0.15, 0.2) is 47.4 Å². The summed E-state index contributed by atoms with van der Waals surface area (Å²) in [6.07, 6.45) is 2.29. The molecule has 1 aromatic carbocycles. The van der Waals surface area contributed by atoms with Gasteiger partial charge < -0.3 is 5.32 Å². The number of pyridine rings is 1. The molecule has 4 rings (SSSR count). The lowest BCUT2D eigenvalue weighted by molar-refractivity contribution is 0.0952. The van der Waals surface area contributed by atoms with E-state index < -0.39 is 0 Å². The molecule has 0 fully saturated rings. The normalized spacial score (nSPS) is 11.2. The molecule has 0 aliphatic heterocycles. The van der Waals surface area contributed by atoms with Crippen molar-refractivity contribution in [2.45, 2.75) is 26.8 Å². The van der Waals surface area contributed by atoms with Crippen molar-refractivity contribution in [1.82, 2.24) is 29.5 Å². The molecule has 0 saturated heterocycles. The van der Waals surface area contributed by atoms with Crippen molar-refractivity contribution in [2.24, 2.45) is 0 Å². The van der Waals surface area contributed by atoms with Crippen LogP contribution < -0.4 is 11.0 Å². The summed E-state index contributed by atoms with van der Waals surface area (Å²) in [5, 5.41) is 7.15. The van der Waals surface area contributed by atoms with Gasteiger partial charge in [-0.1, -0.05) is 6.07 Å². The van der Waals surface area contributed by atoms with Crippen LogP contribution in [0.1, 0.15) is 28.2 Å². The highest BCUT2D eigenvalue weighted by atomic mass is 16.2. The van der Waals surface area contributed by atoms with Crippen LogP contribution in [-0.2, 0) is 6.54 Å². The zero-order valence-electron chi connectivity index (χ0n) is 15.7. The van der Waals surface area contributed by atoms with Crippen LogP contribution in [0.5, 0.6) is 0 Å². The molecule has 0 unspecified atom stereocenters. The molecule has 0 atom stereocenters. The van der Waals surface area contributed by atoms with Crippen LogP contribution in [0.3, 0.4) is 0 Å². The highest BCUT2D eigenvalue weighted by Gasteiger charge is 2.09. The molecule has 142 valence electrons. The van der Waals surface area contributed by atoms with E-state index in [9.17, 15) is 9.59 Å². The summed E-state index contributed by atoms with van der Waals surface area (Å²) in [4.78, 5) is 33.6. The lowest BCUT2D eigenvalue weighted by atomic mass is 10.1. The zero-order valence-corrected chi connectivity index (χ0v) is 15.7. The molecule has 0 bridgehead atoms. The number of carbonyl (C=O) groups excluding carboxylic acids is 1. The van der Waals surface area contributed by atoms with E-state index in [0.29, 0.717) is 36.2 Å². The molecule has 4 aromatic rings. The molecule has 3 aromatic heterocycles. The first kappa shape index (κ1) is 17.8. The molecule has 0 radical (unpaired) electrons. The molecule has 1 amide bonds. The van der Waals surface area contributed by atoms with E-state index in [1.807, 2.05) is 19.9 Å². The second-order valence-corrected chi connectivity index (χ2v) is 6.64. The predicted molar refractivity (Wildman–Crippen MR) is 105 cm³/mol. The summed E-state index contributed by atoms with van der Waals surface area (Å²) in [7, 11) is 0. The number of benzene rings is 1. The molecule has 0 aliphatic carbocycles. The maximum atomic E-state index is 12.4. The summed E-state index contributed by atoms with van der Waals surface area (Å²) in [6, 6.07) is 10.7. The summed E-state index contributed by atoms with van der Waals surface area (Å²) < 4.78 is 2.91. The molecule has 8 nitrogen and oxygen atoms in total. The number of amides is 1. The molecular weight excluding hydrogens is 356 g/mol. The van der Waals surface area contributed by atoms with E-state index >= 15 is 0 Å². The fraction of sp³-hybridized carbons (Fsp3) is 0.250. The third-order valence-corrected chi connectivity index (χ3v) is 4.66. The van der Waals surface area contributed by atoms with Gasteiger partial charge in [-0.3, -0.25) is 9.20 Å². The summed E-state index contributed by atoms with van der Waals surface area (Å²) in [6.45, 7) is 4.69. The Morgan fingerprint density at radius 1 is 1.07 bits per heavy atom. The first-order chi connectivity index (χ1) is 13.5. The molecule has 8 heteroatoms. The van der Waals surface area contributed by atoms with Crippen LogP contribution in [-0.4, -0.2) is 36.6 Å². The number of nitrogens with zero attached hydrogens (tertiary/aromatic N) is 5. The van der Waals surface area contributed by atoms with Gasteiger partial charge in [0.15, 0.2) is 5.65 Å². The van der Waals surface area contributed by atoms with Gasteiger partial charge >= 0.3 is 5.69 Å². The third kappa shape index (κ3) is 3.36. The Morgan fingerprint density at radius 3 is 2.64 bits per heavy atom. The van der Waals surface area contributed by atoms with E-state index in [-0.39, 0.29) is 11.6 Å². The predicted octanol–water partition coefficient (Wildman–Crippen LogP) is 1.88. The number of nitrogens with one attached hydrogen (secondary N) is 1. The number of hydrogen-bond donors (Lipinski definition) is 1. The van der Waals surface area contributed by atoms with Crippen LogP contribution in [0.2, 0.25) is 0 Å². The number of fused-ring (bicyclic) bond motifs is 2. The largest absolute Gasteiger partial charge is 0.352 e. The van der Waals surface area contributed by atoms with Gasteiger partial charge in [0.1, 0.15) is 0 Å². The van der Waals surface area contributed by atoms with E-state index in [2.05, 4.69) is 20.4 Å². The number of rotatable bonds is 5. The molecule has 28 heavy (non-hydrogen) atoms. The minimum absolute atomic E-state index is 0.177.